The summed E-state index contributed by atoms with van der Waals surface area (Å²) in [5, 5.41) is 5.24. The second kappa shape index (κ2) is 5.07. The van der Waals surface area contributed by atoms with Crippen LogP contribution in [0.25, 0.3) is 0 Å². The topological polar surface area (TPSA) is 80.5 Å². The third-order valence-corrected chi connectivity index (χ3v) is 6.38. The van der Waals surface area contributed by atoms with Gasteiger partial charge in [0.25, 0.3) is 5.91 Å². The summed E-state index contributed by atoms with van der Waals surface area (Å²) in [7, 11) is -3.85. The van der Waals surface area contributed by atoms with E-state index in [0.717, 1.165) is 19.4 Å². The van der Waals surface area contributed by atoms with Gasteiger partial charge < -0.3 is 4.90 Å². The first-order valence-electron chi connectivity index (χ1n) is 6.91. The van der Waals surface area contributed by atoms with Crippen molar-refractivity contribution in [3.8, 4) is 0 Å². The number of piperidine rings is 1. The van der Waals surface area contributed by atoms with Gasteiger partial charge in [0.2, 0.25) is 10.0 Å². The molecule has 1 aromatic carbocycles. The van der Waals surface area contributed by atoms with E-state index in [1.807, 2.05) is 4.90 Å². The molecule has 1 amide bonds. The molecule has 2 bridgehead atoms. The zero-order valence-corrected chi connectivity index (χ0v) is 14.1. The average Bonchev–Trinajstić information content (AvgIpc) is 3.01. The van der Waals surface area contributed by atoms with Crippen LogP contribution in [0.4, 0.5) is 0 Å². The first-order valence-corrected chi connectivity index (χ1v) is 9.25. The van der Waals surface area contributed by atoms with Gasteiger partial charge >= 0.3 is 0 Å². The van der Waals surface area contributed by atoms with E-state index >= 15 is 0 Å². The fourth-order valence-corrected chi connectivity index (χ4v) is 4.83. The van der Waals surface area contributed by atoms with Crippen LogP contribution in [0.3, 0.4) is 0 Å². The molecule has 1 saturated heterocycles. The number of amides is 1. The second-order valence-electron chi connectivity index (χ2n) is 5.92. The van der Waals surface area contributed by atoms with Crippen LogP contribution in [0.2, 0.25) is 0 Å². The first-order chi connectivity index (χ1) is 9.77. The summed E-state index contributed by atoms with van der Waals surface area (Å²) in [6.45, 7) is 2.44. The van der Waals surface area contributed by atoms with Gasteiger partial charge in [-0.1, -0.05) is 15.9 Å². The summed E-state index contributed by atoms with van der Waals surface area (Å²) in [5.74, 6) is 0.498. The van der Waals surface area contributed by atoms with Crippen molar-refractivity contribution in [1.29, 1.82) is 0 Å². The SMILES string of the molecule is Cc1c(Br)cc(C(=O)N2CC3CCC2C3)cc1S(N)(=O)=O. The Hall–Kier alpha value is -0.920. The molecule has 1 aliphatic carbocycles. The van der Waals surface area contributed by atoms with E-state index in [2.05, 4.69) is 15.9 Å². The average molecular weight is 373 g/mol. The summed E-state index contributed by atoms with van der Waals surface area (Å²) in [4.78, 5) is 14.5. The summed E-state index contributed by atoms with van der Waals surface area (Å²) in [6.07, 6.45) is 3.31. The number of nitrogens with zero attached hydrogens (tertiary/aromatic N) is 1. The highest BCUT2D eigenvalue weighted by Gasteiger charge is 2.40. The van der Waals surface area contributed by atoms with Gasteiger partial charge in [0.15, 0.2) is 0 Å². The minimum Gasteiger partial charge on any atom is -0.335 e. The zero-order chi connectivity index (χ0) is 15.4. The third-order valence-electron chi connectivity index (χ3n) is 4.52. The summed E-state index contributed by atoms with van der Waals surface area (Å²) < 4.78 is 23.9. The van der Waals surface area contributed by atoms with Gasteiger partial charge in [-0.05, 0) is 49.8 Å². The largest absolute Gasteiger partial charge is 0.335 e. The van der Waals surface area contributed by atoms with E-state index in [9.17, 15) is 13.2 Å². The van der Waals surface area contributed by atoms with Crippen molar-refractivity contribution in [2.75, 3.05) is 6.54 Å². The molecule has 2 unspecified atom stereocenters. The Morgan fingerprint density at radius 1 is 1.38 bits per heavy atom. The van der Waals surface area contributed by atoms with Crippen LogP contribution in [0.1, 0.15) is 35.2 Å². The number of likely N-dealkylation sites (tertiary alicyclic amines) is 1. The van der Waals surface area contributed by atoms with Crippen molar-refractivity contribution in [1.82, 2.24) is 4.90 Å². The quantitative estimate of drug-likeness (QED) is 0.862. The van der Waals surface area contributed by atoms with Crippen LogP contribution in [0.15, 0.2) is 21.5 Å². The molecule has 2 atom stereocenters. The van der Waals surface area contributed by atoms with E-state index in [0.29, 0.717) is 27.6 Å². The van der Waals surface area contributed by atoms with Gasteiger partial charge in [-0.25, -0.2) is 13.6 Å². The van der Waals surface area contributed by atoms with Gasteiger partial charge in [-0.2, -0.15) is 0 Å². The van der Waals surface area contributed by atoms with Gasteiger partial charge in [-0.15, -0.1) is 0 Å². The smallest absolute Gasteiger partial charge is 0.254 e. The minimum absolute atomic E-state index is 0.00424. The Labute approximate surface area is 132 Å². The molecule has 2 fully saturated rings. The molecule has 5 nitrogen and oxygen atoms in total. The highest BCUT2D eigenvalue weighted by atomic mass is 79.9. The molecule has 1 saturated carbocycles. The number of rotatable bonds is 2. The first kappa shape index (κ1) is 15.0. The maximum Gasteiger partial charge on any atom is 0.254 e. The minimum atomic E-state index is -3.85. The van der Waals surface area contributed by atoms with Gasteiger partial charge in [-0.3, -0.25) is 4.79 Å². The molecule has 2 N–H and O–H groups in total. The lowest BCUT2D eigenvalue weighted by Crippen LogP contribution is -2.37. The van der Waals surface area contributed by atoms with Crippen molar-refractivity contribution in [2.45, 2.75) is 37.1 Å². The van der Waals surface area contributed by atoms with E-state index in [4.69, 9.17) is 5.14 Å². The number of hydrogen-bond acceptors (Lipinski definition) is 3. The molecule has 0 aromatic heterocycles. The van der Waals surface area contributed by atoms with Crippen LogP contribution in [0, 0.1) is 12.8 Å². The van der Waals surface area contributed by atoms with E-state index < -0.39 is 10.0 Å². The molecule has 1 heterocycles. The lowest BCUT2D eigenvalue weighted by molar-refractivity contribution is 0.0703. The monoisotopic (exact) mass is 372 g/mol. The van der Waals surface area contributed by atoms with Crippen molar-refractivity contribution in [3.63, 3.8) is 0 Å². The van der Waals surface area contributed by atoms with Gasteiger partial charge in [0, 0.05) is 22.6 Å². The van der Waals surface area contributed by atoms with Crippen molar-refractivity contribution in [3.05, 3.63) is 27.7 Å². The van der Waals surface area contributed by atoms with Crippen molar-refractivity contribution >= 4 is 31.9 Å². The van der Waals surface area contributed by atoms with Crippen molar-refractivity contribution in [2.24, 2.45) is 11.1 Å². The number of sulfonamides is 1. The second-order valence-corrected chi connectivity index (χ2v) is 8.30. The predicted molar refractivity (Wildman–Crippen MR) is 82.4 cm³/mol. The Morgan fingerprint density at radius 2 is 2.10 bits per heavy atom. The lowest BCUT2D eigenvalue weighted by atomic mass is 10.1. The number of fused-ring (bicyclic) bond motifs is 2. The van der Waals surface area contributed by atoms with Crippen LogP contribution < -0.4 is 5.14 Å². The van der Waals surface area contributed by atoms with Crippen LogP contribution in [-0.4, -0.2) is 31.8 Å². The summed E-state index contributed by atoms with van der Waals surface area (Å²) in [5.41, 5.74) is 0.904. The number of carbonyl (C=O) groups is 1. The summed E-state index contributed by atoms with van der Waals surface area (Å²) >= 11 is 3.32. The number of nitrogens with two attached hydrogens (primary N) is 1. The van der Waals surface area contributed by atoms with E-state index in [1.54, 1.807) is 13.0 Å². The normalized spacial score (nSPS) is 24.6. The number of primary sulfonamides is 1. The van der Waals surface area contributed by atoms with E-state index in [-0.39, 0.29) is 10.8 Å². The molecular weight excluding hydrogens is 356 g/mol. The molecule has 0 radical (unpaired) electrons. The third kappa shape index (κ3) is 2.62. The molecule has 1 aromatic rings. The Balaban J connectivity index is 1.99. The highest BCUT2D eigenvalue weighted by Crippen LogP contribution is 2.38. The number of benzene rings is 1. The number of carbonyl (C=O) groups excluding carboxylic acids is 1. The maximum atomic E-state index is 12.6. The Morgan fingerprint density at radius 3 is 2.62 bits per heavy atom. The predicted octanol–water partition coefficient (Wildman–Crippen LogP) is 2.03. The number of hydrogen-bond donors (Lipinski definition) is 1. The van der Waals surface area contributed by atoms with Crippen LogP contribution in [0.5, 0.6) is 0 Å². The fourth-order valence-electron chi connectivity index (χ4n) is 3.41. The molecule has 3 rings (SSSR count). The van der Waals surface area contributed by atoms with Gasteiger partial charge in [0.05, 0.1) is 4.90 Å². The molecule has 114 valence electrons. The Kier molecular flexibility index (Phi) is 3.62. The van der Waals surface area contributed by atoms with Crippen LogP contribution in [-0.2, 0) is 10.0 Å². The molecule has 7 heteroatoms. The maximum absolute atomic E-state index is 12.6. The Bertz CT molecular complexity index is 717. The van der Waals surface area contributed by atoms with E-state index in [1.165, 1.54) is 12.5 Å². The van der Waals surface area contributed by atoms with Crippen LogP contribution >= 0.6 is 15.9 Å². The lowest BCUT2D eigenvalue weighted by Gasteiger charge is -2.27. The fraction of sp³-hybridized carbons (Fsp3) is 0.500. The standard InChI is InChI=1S/C14H17BrN2O3S/c1-8-12(15)5-10(6-13(8)21(16,19)20)14(18)17-7-9-2-3-11(17)4-9/h5-6,9,11H,2-4,7H2,1H3,(H2,16,19,20). The number of halogens is 1. The van der Waals surface area contributed by atoms with Crippen molar-refractivity contribution < 1.29 is 13.2 Å². The molecule has 0 spiro atoms. The summed E-state index contributed by atoms with van der Waals surface area (Å²) in [6, 6.07) is 3.38. The molecular formula is C14H17BrN2O3S. The molecule has 21 heavy (non-hydrogen) atoms. The zero-order valence-electron chi connectivity index (χ0n) is 11.7. The molecule has 1 aliphatic heterocycles. The highest BCUT2D eigenvalue weighted by molar-refractivity contribution is 9.10. The molecule has 2 aliphatic rings. The van der Waals surface area contributed by atoms with Gasteiger partial charge in [0.1, 0.15) is 0 Å².